The second-order valence-corrected chi connectivity index (χ2v) is 6.84. The Kier molecular flexibility index (Phi) is 4.60. The van der Waals surface area contributed by atoms with Crippen LogP contribution in [0, 0.1) is 0 Å². The van der Waals surface area contributed by atoms with Gasteiger partial charge in [-0.2, -0.15) is 4.98 Å². The Morgan fingerprint density at radius 1 is 1.29 bits per heavy atom. The van der Waals surface area contributed by atoms with E-state index in [0.717, 1.165) is 24.0 Å². The van der Waals surface area contributed by atoms with Gasteiger partial charge in [0, 0.05) is 23.4 Å². The van der Waals surface area contributed by atoms with Crippen LogP contribution < -0.4 is 5.32 Å². The van der Waals surface area contributed by atoms with Crippen molar-refractivity contribution in [3.63, 3.8) is 0 Å². The minimum Gasteiger partial charge on any atom is -0.339 e. The molecular formula is C16H21N3OS. The number of thioether (sulfide) groups is 1. The van der Waals surface area contributed by atoms with Crippen LogP contribution in [-0.4, -0.2) is 16.2 Å². The third kappa shape index (κ3) is 4.32. The number of rotatable bonds is 7. The number of hydrogen-bond donors (Lipinski definition) is 1. The lowest BCUT2D eigenvalue weighted by atomic mass is 10.2. The highest BCUT2D eigenvalue weighted by molar-refractivity contribution is 7.98. The molecule has 0 amide bonds. The lowest BCUT2D eigenvalue weighted by Gasteiger charge is -2.08. The molecule has 3 rings (SSSR count). The van der Waals surface area contributed by atoms with E-state index in [9.17, 15) is 0 Å². The van der Waals surface area contributed by atoms with Gasteiger partial charge >= 0.3 is 0 Å². The predicted octanol–water partition coefficient (Wildman–Crippen LogP) is 3.74. The Morgan fingerprint density at radius 3 is 2.71 bits per heavy atom. The summed E-state index contributed by atoms with van der Waals surface area (Å²) in [5, 5.41) is 7.46. The normalized spacial score (nSPS) is 14.8. The minimum atomic E-state index is 0.512. The predicted molar refractivity (Wildman–Crippen MR) is 84.3 cm³/mol. The molecule has 1 fully saturated rings. The molecule has 0 bridgehead atoms. The molecule has 112 valence electrons. The second-order valence-electron chi connectivity index (χ2n) is 5.79. The number of benzene rings is 1. The maximum Gasteiger partial charge on any atom is 0.229 e. The van der Waals surface area contributed by atoms with Crippen LogP contribution in [0.4, 0.5) is 0 Å². The highest BCUT2D eigenvalue weighted by Crippen LogP contribution is 2.39. The van der Waals surface area contributed by atoms with E-state index in [1.165, 1.54) is 23.3 Å². The molecule has 0 atom stereocenters. The van der Waals surface area contributed by atoms with Crippen molar-refractivity contribution in [3.05, 3.63) is 41.5 Å². The molecular weight excluding hydrogens is 282 g/mol. The van der Waals surface area contributed by atoms with E-state index in [1.54, 1.807) is 11.8 Å². The van der Waals surface area contributed by atoms with Gasteiger partial charge in [-0.05, 0) is 30.5 Å². The fourth-order valence-electron chi connectivity index (χ4n) is 2.00. The van der Waals surface area contributed by atoms with Crippen LogP contribution in [-0.2, 0) is 12.3 Å². The van der Waals surface area contributed by atoms with E-state index in [4.69, 9.17) is 4.52 Å². The topological polar surface area (TPSA) is 51.0 Å². The maximum atomic E-state index is 5.27. The van der Waals surface area contributed by atoms with Gasteiger partial charge in [-0.15, -0.1) is 11.8 Å². The molecule has 1 aromatic heterocycles. The first-order valence-corrected chi connectivity index (χ1v) is 8.47. The highest BCUT2D eigenvalue weighted by atomic mass is 32.2. The first-order chi connectivity index (χ1) is 10.2. The Hall–Kier alpha value is -1.33. The van der Waals surface area contributed by atoms with Gasteiger partial charge in [-0.3, -0.25) is 0 Å². The molecule has 0 aliphatic heterocycles. The van der Waals surface area contributed by atoms with Crippen LogP contribution in [0.5, 0.6) is 0 Å². The molecule has 0 saturated heterocycles. The average Bonchev–Trinajstić information content (AvgIpc) is 3.23. The fraction of sp³-hybridized carbons (Fsp3) is 0.500. The Morgan fingerprint density at radius 2 is 2.05 bits per heavy atom. The van der Waals surface area contributed by atoms with Crippen LogP contribution in [0.3, 0.4) is 0 Å². The summed E-state index contributed by atoms with van der Waals surface area (Å²) in [5.41, 5.74) is 1.31. The van der Waals surface area contributed by atoms with Crippen molar-refractivity contribution in [1.82, 2.24) is 15.5 Å². The van der Waals surface area contributed by atoms with Crippen molar-refractivity contribution in [2.75, 3.05) is 0 Å². The summed E-state index contributed by atoms with van der Waals surface area (Å²) >= 11 is 1.75. The van der Waals surface area contributed by atoms with Crippen LogP contribution in [0.25, 0.3) is 0 Å². The Bertz CT molecular complexity index is 575. The quantitative estimate of drug-likeness (QED) is 0.790. The van der Waals surface area contributed by atoms with Gasteiger partial charge in [0.05, 0.1) is 5.75 Å². The highest BCUT2D eigenvalue weighted by Gasteiger charge is 2.29. The molecule has 1 heterocycles. The number of nitrogens with zero attached hydrogens (tertiary/aromatic N) is 2. The first-order valence-electron chi connectivity index (χ1n) is 7.48. The van der Waals surface area contributed by atoms with E-state index < -0.39 is 0 Å². The monoisotopic (exact) mass is 303 g/mol. The van der Waals surface area contributed by atoms with Gasteiger partial charge in [0.25, 0.3) is 0 Å². The fourth-order valence-corrected chi connectivity index (χ4v) is 2.74. The maximum absolute atomic E-state index is 5.27. The van der Waals surface area contributed by atoms with E-state index in [1.807, 2.05) is 0 Å². The van der Waals surface area contributed by atoms with Crippen molar-refractivity contribution in [2.45, 2.75) is 55.8 Å². The third-order valence-corrected chi connectivity index (χ3v) is 4.42. The molecule has 4 nitrogen and oxygen atoms in total. The van der Waals surface area contributed by atoms with Crippen LogP contribution in [0.1, 0.15) is 49.9 Å². The van der Waals surface area contributed by atoms with Crippen LogP contribution in [0.15, 0.2) is 33.7 Å². The molecule has 2 aromatic rings. The van der Waals surface area contributed by atoms with E-state index in [-0.39, 0.29) is 0 Å². The summed E-state index contributed by atoms with van der Waals surface area (Å²) in [5.74, 6) is 2.91. The first kappa shape index (κ1) is 14.6. The zero-order valence-electron chi connectivity index (χ0n) is 12.5. The zero-order valence-corrected chi connectivity index (χ0v) is 13.3. The molecule has 1 saturated carbocycles. The van der Waals surface area contributed by atoms with Crippen molar-refractivity contribution in [3.8, 4) is 0 Å². The largest absolute Gasteiger partial charge is 0.339 e. The second kappa shape index (κ2) is 6.62. The summed E-state index contributed by atoms with van der Waals surface area (Å²) in [7, 11) is 0. The zero-order chi connectivity index (χ0) is 14.7. The summed E-state index contributed by atoms with van der Waals surface area (Å²) in [6.07, 6.45) is 2.39. The van der Waals surface area contributed by atoms with E-state index in [2.05, 4.69) is 53.6 Å². The minimum absolute atomic E-state index is 0.512. The molecule has 1 aliphatic carbocycles. The Balaban J connectivity index is 1.50. The molecule has 1 aromatic carbocycles. The molecule has 1 aliphatic rings. The summed E-state index contributed by atoms with van der Waals surface area (Å²) in [4.78, 5) is 5.68. The molecule has 0 unspecified atom stereocenters. The van der Waals surface area contributed by atoms with Gasteiger partial charge in [0.15, 0.2) is 5.82 Å². The van der Waals surface area contributed by atoms with Gasteiger partial charge in [-0.25, -0.2) is 0 Å². The van der Waals surface area contributed by atoms with Crippen LogP contribution >= 0.6 is 11.8 Å². The summed E-state index contributed by atoms with van der Waals surface area (Å²) in [6.45, 7) is 5.23. The number of hydrogen-bond acceptors (Lipinski definition) is 5. The molecule has 1 N–H and O–H groups in total. The van der Waals surface area contributed by atoms with Crippen molar-refractivity contribution in [2.24, 2.45) is 0 Å². The number of nitrogens with one attached hydrogen (secondary N) is 1. The van der Waals surface area contributed by atoms with Gasteiger partial charge in [-0.1, -0.05) is 31.1 Å². The van der Waals surface area contributed by atoms with Gasteiger partial charge in [0.1, 0.15) is 0 Å². The molecule has 0 spiro atoms. The lowest BCUT2D eigenvalue weighted by molar-refractivity contribution is 0.375. The lowest BCUT2D eigenvalue weighted by Crippen LogP contribution is -2.21. The van der Waals surface area contributed by atoms with E-state index >= 15 is 0 Å². The summed E-state index contributed by atoms with van der Waals surface area (Å²) < 4.78 is 5.27. The smallest absolute Gasteiger partial charge is 0.229 e. The standard InChI is InChI=1S/C16H21N3OS/c1-11(2)17-9-12-3-7-14(8-4-12)21-10-15-18-16(20-19-15)13-5-6-13/h3-4,7-8,11,13,17H,5-6,9-10H2,1-2H3. The summed E-state index contributed by atoms with van der Waals surface area (Å²) in [6, 6.07) is 9.17. The van der Waals surface area contributed by atoms with Crippen LogP contribution in [0.2, 0.25) is 0 Å². The average molecular weight is 303 g/mol. The van der Waals surface area contributed by atoms with Crippen molar-refractivity contribution >= 4 is 11.8 Å². The molecule has 5 heteroatoms. The SMILES string of the molecule is CC(C)NCc1ccc(SCc2noc(C3CC3)n2)cc1. The van der Waals surface area contributed by atoms with E-state index in [0.29, 0.717) is 12.0 Å². The Labute approximate surface area is 129 Å². The molecule has 0 radical (unpaired) electrons. The van der Waals surface area contributed by atoms with Gasteiger partial charge < -0.3 is 9.84 Å². The number of aromatic nitrogens is 2. The van der Waals surface area contributed by atoms with Gasteiger partial charge in [0.2, 0.25) is 5.89 Å². The third-order valence-electron chi connectivity index (χ3n) is 3.42. The van der Waals surface area contributed by atoms with Crippen molar-refractivity contribution < 1.29 is 4.52 Å². The molecule has 21 heavy (non-hydrogen) atoms. The van der Waals surface area contributed by atoms with Crippen molar-refractivity contribution in [1.29, 1.82) is 0 Å².